The monoisotopic (exact) mass is 528 g/mol. The molecule has 1 atom stereocenters. The first-order chi connectivity index (χ1) is 18.8. The van der Waals surface area contributed by atoms with Crippen LogP contribution in [0.3, 0.4) is 0 Å². The molecule has 1 heterocycles. The number of carbonyl (C=O) groups is 2. The Morgan fingerprint density at radius 2 is 1.56 bits per heavy atom. The van der Waals surface area contributed by atoms with E-state index in [1.807, 2.05) is 68.4 Å². The smallest absolute Gasteiger partial charge is 0.295 e. The summed E-state index contributed by atoms with van der Waals surface area (Å²) < 4.78 is 11.7. The summed E-state index contributed by atoms with van der Waals surface area (Å²) in [4.78, 5) is 30.5. The van der Waals surface area contributed by atoms with Crippen LogP contribution in [0.2, 0.25) is 0 Å². The molecule has 0 radical (unpaired) electrons. The Labute approximate surface area is 230 Å². The summed E-state index contributed by atoms with van der Waals surface area (Å²) in [6.45, 7) is 10.6. The summed E-state index contributed by atoms with van der Waals surface area (Å²) in [5.74, 6) is 0.367. The fourth-order valence-corrected chi connectivity index (χ4v) is 4.74. The summed E-state index contributed by atoms with van der Waals surface area (Å²) in [6, 6.07) is 22.9. The number of ether oxygens (including phenoxy) is 2. The zero-order valence-corrected chi connectivity index (χ0v) is 23.0. The van der Waals surface area contributed by atoms with Gasteiger partial charge < -0.3 is 24.4 Å². The van der Waals surface area contributed by atoms with Gasteiger partial charge in [-0.2, -0.15) is 0 Å². The summed E-state index contributed by atoms with van der Waals surface area (Å²) in [5.41, 5.74) is 1.19. The van der Waals surface area contributed by atoms with E-state index in [0.717, 1.165) is 13.1 Å². The molecule has 1 aliphatic heterocycles. The number of hydrogen-bond acceptors (Lipinski definition) is 6. The van der Waals surface area contributed by atoms with Crippen molar-refractivity contribution in [1.82, 2.24) is 9.80 Å². The van der Waals surface area contributed by atoms with E-state index in [1.165, 1.54) is 0 Å². The lowest BCUT2D eigenvalue weighted by atomic mass is 9.95. The summed E-state index contributed by atoms with van der Waals surface area (Å²) >= 11 is 0. The maximum absolute atomic E-state index is 13.4. The maximum atomic E-state index is 13.4. The zero-order chi connectivity index (χ0) is 27.9. The molecule has 204 valence electrons. The molecule has 1 N–H and O–H groups in total. The van der Waals surface area contributed by atoms with Gasteiger partial charge >= 0.3 is 0 Å². The fourth-order valence-electron chi connectivity index (χ4n) is 4.74. The van der Waals surface area contributed by atoms with Gasteiger partial charge in [-0.25, -0.2) is 0 Å². The van der Waals surface area contributed by atoms with Gasteiger partial charge in [-0.05, 0) is 81.0 Å². The number of benzene rings is 3. The molecular formula is C32H36N2O5. The lowest BCUT2D eigenvalue weighted by Gasteiger charge is -2.28. The first-order valence-corrected chi connectivity index (χ1v) is 13.4. The van der Waals surface area contributed by atoms with Crippen LogP contribution >= 0.6 is 0 Å². The molecule has 0 aliphatic carbocycles. The van der Waals surface area contributed by atoms with Crippen LogP contribution in [0.25, 0.3) is 5.76 Å². The highest BCUT2D eigenvalue weighted by molar-refractivity contribution is 6.46. The average molecular weight is 529 g/mol. The third-order valence-corrected chi connectivity index (χ3v) is 6.74. The van der Waals surface area contributed by atoms with Gasteiger partial charge in [0.05, 0.1) is 17.7 Å². The number of likely N-dealkylation sites (N-methyl/N-ethyl adjacent to an activating group) is 1. The lowest BCUT2D eigenvalue weighted by molar-refractivity contribution is -0.140. The fraction of sp³-hybridized carbons (Fsp3) is 0.312. The molecule has 0 aromatic heterocycles. The van der Waals surface area contributed by atoms with Crippen LogP contribution in [-0.2, 0) is 9.59 Å². The zero-order valence-electron chi connectivity index (χ0n) is 23.0. The van der Waals surface area contributed by atoms with Gasteiger partial charge in [-0.3, -0.25) is 9.59 Å². The van der Waals surface area contributed by atoms with Crippen molar-refractivity contribution < 1.29 is 24.2 Å². The number of Topliss-reactive ketones (excluding diaryl/α,β-unsaturated/α-hetero) is 1. The van der Waals surface area contributed by atoms with E-state index in [9.17, 15) is 14.7 Å². The first kappa shape index (κ1) is 27.9. The molecule has 1 aliphatic rings. The number of carbonyl (C=O) groups excluding carboxylic acids is 2. The Balaban J connectivity index is 1.75. The molecule has 3 aromatic rings. The van der Waals surface area contributed by atoms with E-state index >= 15 is 0 Å². The molecule has 39 heavy (non-hydrogen) atoms. The Hall–Kier alpha value is -4.10. The molecule has 0 spiro atoms. The minimum atomic E-state index is -0.758. The van der Waals surface area contributed by atoms with E-state index in [1.54, 1.807) is 29.2 Å². The number of aliphatic hydroxyl groups is 1. The van der Waals surface area contributed by atoms with Crippen LogP contribution in [0.15, 0.2) is 84.4 Å². The second-order valence-electron chi connectivity index (χ2n) is 9.70. The molecule has 7 heteroatoms. The first-order valence-electron chi connectivity index (χ1n) is 13.4. The second-order valence-corrected chi connectivity index (χ2v) is 9.70. The van der Waals surface area contributed by atoms with Gasteiger partial charge in [0.1, 0.15) is 23.0 Å². The van der Waals surface area contributed by atoms with Crippen molar-refractivity contribution in [3.8, 4) is 17.2 Å². The molecular weight excluding hydrogens is 492 g/mol. The third-order valence-electron chi connectivity index (χ3n) is 6.74. The highest BCUT2D eigenvalue weighted by Gasteiger charge is 2.46. The van der Waals surface area contributed by atoms with Crippen LogP contribution in [0.1, 0.15) is 44.9 Å². The second kappa shape index (κ2) is 12.6. The van der Waals surface area contributed by atoms with Crippen LogP contribution < -0.4 is 9.47 Å². The SMILES string of the molecule is CCN(CC)CCN1C(=O)C(=O)/C(=C(/O)c2ccc(OC(C)C)cc2)C1c1cccc(Oc2ccccc2)c1. The Morgan fingerprint density at radius 1 is 0.897 bits per heavy atom. The normalized spacial score (nSPS) is 16.8. The van der Waals surface area contributed by atoms with Crippen LogP contribution in [0, 0.1) is 0 Å². The minimum absolute atomic E-state index is 0.00552. The van der Waals surface area contributed by atoms with Crippen molar-refractivity contribution in [1.29, 1.82) is 0 Å². The van der Waals surface area contributed by atoms with Gasteiger partial charge in [0.2, 0.25) is 0 Å². The number of amides is 1. The molecule has 1 fully saturated rings. The van der Waals surface area contributed by atoms with Crippen molar-refractivity contribution in [3.05, 3.63) is 95.6 Å². The molecule has 1 unspecified atom stereocenters. The van der Waals surface area contributed by atoms with E-state index in [4.69, 9.17) is 9.47 Å². The van der Waals surface area contributed by atoms with Gasteiger partial charge in [0, 0.05) is 18.7 Å². The molecule has 4 rings (SSSR count). The Morgan fingerprint density at radius 3 is 2.21 bits per heavy atom. The van der Waals surface area contributed by atoms with Crippen molar-refractivity contribution in [2.75, 3.05) is 26.2 Å². The largest absolute Gasteiger partial charge is 0.507 e. The highest BCUT2D eigenvalue weighted by atomic mass is 16.5. The summed E-state index contributed by atoms with van der Waals surface area (Å²) in [6.07, 6.45) is 0.00552. The Bertz CT molecular complexity index is 1310. The summed E-state index contributed by atoms with van der Waals surface area (Å²) in [5, 5.41) is 11.4. The predicted octanol–water partition coefficient (Wildman–Crippen LogP) is 6.03. The Kier molecular flexibility index (Phi) is 9.04. The third kappa shape index (κ3) is 6.49. The molecule has 0 saturated carbocycles. The maximum Gasteiger partial charge on any atom is 0.295 e. The van der Waals surface area contributed by atoms with Crippen LogP contribution in [-0.4, -0.2) is 58.9 Å². The van der Waals surface area contributed by atoms with Gasteiger partial charge in [-0.15, -0.1) is 0 Å². The van der Waals surface area contributed by atoms with Crippen molar-refractivity contribution in [2.45, 2.75) is 39.8 Å². The number of ketones is 1. The number of aliphatic hydroxyl groups excluding tert-OH is 1. The topological polar surface area (TPSA) is 79.3 Å². The van der Waals surface area contributed by atoms with Gasteiger partial charge in [-0.1, -0.05) is 44.2 Å². The highest BCUT2D eigenvalue weighted by Crippen LogP contribution is 2.40. The number of hydrogen-bond donors (Lipinski definition) is 1. The number of para-hydroxylation sites is 1. The van der Waals surface area contributed by atoms with Gasteiger partial charge in [0.15, 0.2) is 0 Å². The number of likely N-dealkylation sites (tertiary alicyclic amines) is 1. The summed E-state index contributed by atoms with van der Waals surface area (Å²) in [7, 11) is 0. The van der Waals surface area contributed by atoms with Crippen molar-refractivity contribution in [2.24, 2.45) is 0 Å². The van der Waals surface area contributed by atoms with Crippen LogP contribution in [0.5, 0.6) is 17.2 Å². The predicted molar refractivity (Wildman–Crippen MR) is 152 cm³/mol. The van der Waals surface area contributed by atoms with E-state index < -0.39 is 17.7 Å². The quantitative estimate of drug-likeness (QED) is 0.186. The van der Waals surface area contributed by atoms with Gasteiger partial charge in [0.25, 0.3) is 11.7 Å². The number of nitrogens with zero attached hydrogens (tertiary/aromatic N) is 2. The van der Waals surface area contributed by atoms with Crippen molar-refractivity contribution in [3.63, 3.8) is 0 Å². The van der Waals surface area contributed by atoms with E-state index in [2.05, 4.69) is 18.7 Å². The molecule has 0 bridgehead atoms. The minimum Gasteiger partial charge on any atom is -0.507 e. The van der Waals surface area contributed by atoms with Crippen molar-refractivity contribution >= 4 is 17.4 Å². The average Bonchev–Trinajstić information content (AvgIpc) is 3.19. The molecule has 3 aromatic carbocycles. The standard InChI is InChI=1S/C32H36N2O5/c1-5-33(6-2)19-20-34-29(24-11-10-14-27(21-24)39-25-12-8-7-9-13-25)28(31(36)32(34)37)30(35)23-15-17-26(18-16-23)38-22(3)4/h7-18,21-22,29,35H,5-6,19-20H2,1-4H3/b30-28+. The van der Waals surface area contributed by atoms with Crippen LogP contribution in [0.4, 0.5) is 0 Å². The lowest BCUT2D eigenvalue weighted by Crippen LogP contribution is -2.38. The van der Waals surface area contributed by atoms with E-state index in [-0.39, 0.29) is 17.4 Å². The molecule has 1 amide bonds. The molecule has 1 saturated heterocycles. The molecule has 7 nitrogen and oxygen atoms in total. The van der Waals surface area contributed by atoms with E-state index in [0.29, 0.717) is 41.5 Å². The number of rotatable bonds is 11.